The Morgan fingerprint density at radius 2 is 1.90 bits per heavy atom. The number of nitro benzene ring substituents is 1. The van der Waals surface area contributed by atoms with Crippen LogP contribution in [0.15, 0.2) is 63.5 Å². The number of hydrogen-bond donors (Lipinski definition) is 1. The fourth-order valence-electron chi connectivity index (χ4n) is 3.22. The lowest BCUT2D eigenvalue weighted by atomic mass is 10.1. The van der Waals surface area contributed by atoms with Crippen LogP contribution in [0.2, 0.25) is 0 Å². The Bertz CT molecular complexity index is 1310. The van der Waals surface area contributed by atoms with Crippen LogP contribution in [-0.2, 0) is 6.42 Å². The molecule has 1 aromatic heterocycles. The van der Waals surface area contributed by atoms with Crippen LogP contribution in [-0.4, -0.2) is 15.8 Å². The van der Waals surface area contributed by atoms with Crippen molar-refractivity contribution in [2.75, 3.05) is 5.32 Å². The molecule has 0 bridgehead atoms. The van der Waals surface area contributed by atoms with Gasteiger partial charge in [0.25, 0.3) is 11.6 Å². The van der Waals surface area contributed by atoms with Crippen LogP contribution in [0.1, 0.15) is 28.4 Å². The molecule has 31 heavy (non-hydrogen) atoms. The van der Waals surface area contributed by atoms with E-state index in [2.05, 4.69) is 33.2 Å². The fourth-order valence-corrected chi connectivity index (χ4v) is 3.80. The molecule has 4 aromatic rings. The molecule has 0 aliphatic carbocycles. The molecule has 8 heteroatoms. The number of halogens is 1. The van der Waals surface area contributed by atoms with Gasteiger partial charge in [-0.05, 0) is 77.3 Å². The molecule has 3 aromatic carbocycles. The molecule has 4 rings (SSSR count). The van der Waals surface area contributed by atoms with E-state index in [9.17, 15) is 14.9 Å². The lowest BCUT2D eigenvalue weighted by Crippen LogP contribution is -2.12. The third-order valence-electron chi connectivity index (χ3n) is 4.97. The summed E-state index contributed by atoms with van der Waals surface area (Å²) in [7, 11) is 0. The molecule has 0 saturated heterocycles. The maximum atomic E-state index is 12.5. The van der Waals surface area contributed by atoms with E-state index >= 15 is 0 Å². The first-order valence-electron chi connectivity index (χ1n) is 9.61. The number of carbonyl (C=O) groups is 1. The Hall–Kier alpha value is -3.52. The van der Waals surface area contributed by atoms with Crippen molar-refractivity contribution >= 4 is 44.3 Å². The number of hydrogen-bond acceptors (Lipinski definition) is 5. The van der Waals surface area contributed by atoms with E-state index in [1.54, 1.807) is 43.3 Å². The number of aryl methyl sites for hydroxylation is 2. The number of fused-ring (bicyclic) bond motifs is 1. The maximum absolute atomic E-state index is 12.5. The van der Waals surface area contributed by atoms with Crippen molar-refractivity contribution < 1.29 is 14.1 Å². The topological polar surface area (TPSA) is 98.3 Å². The monoisotopic (exact) mass is 479 g/mol. The van der Waals surface area contributed by atoms with Crippen LogP contribution >= 0.6 is 15.9 Å². The molecule has 0 aliphatic rings. The first kappa shape index (κ1) is 20.7. The highest BCUT2D eigenvalue weighted by atomic mass is 79.9. The molecule has 156 valence electrons. The van der Waals surface area contributed by atoms with E-state index in [4.69, 9.17) is 4.42 Å². The van der Waals surface area contributed by atoms with Gasteiger partial charge in [-0.2, -0.15) is 0 Å². The molecule has 1 heterocycles. The van der Waals surface area contributed by atoms with Crippen molar-refractivity contribution in [1.29, 1.82) is 0 Å². The smallest absolute Gasteiger partial charge is 0.273 e. The number of oxazole rings is 1. The van der Waals surface area contributed by atoms with E-state index in [0.717, 1.165) is 27.5 Å². The highest BCUT2D eigenvalue weighted by Crippen LogP contribution is 2.31. The average Bonchev–Trinajstić information content (AvgIpc) is 3.19. The van der Waals surface area contributed by atoms with E-state index in [-0.39, 0.29) is 11.3 Å². The Balaban J connectivity index is 1.55. The van der Waals surface area contributed by atoms with Gasteiger partial charge in [0.05, 0.1) is 9.40 Å². The highest BCUT2D eigenvalue weighted by Gasteiger charge is 2.16. The normalized spacial score (nSPS) is 10.9. The summed E-state index contributed by atoms with van der Waals surface area (Å²) in [5, 5.41) is 13.9. The SMILES string of the molecule is CCc1cc(Br)c2oc(-c3ccc(NC(=O)c4ccc(C)c([N+](=O)[O-])c4)cc3)nc2c1. The molecule has 0 aliphatic heterocycles. The maximum Gasteiger partial charge on any atom is 0.273 e. The second-order valence-corrected chi connectivity index (χ2v) is 7.94. The minimum absolute atomic E-state index is 0.0867. The zero-order valence-corrected chi connectivity index (χ0v) is 18.4. The number of amides is 1. The molecule has 0 fully saturated rings. The summed E-state index contributed by atoms with van der Waals surface area (Å²) in [6.07, 6.45) is 0.898. The number of rotatable bonds is 5. The molecular formula is C23H18BrN3O4. The second kappa shape index (κ2) is 8.31. The van der Waals surface area contributed by atoms with Crippen LogP contribution in [0, 0.1) is 17.0 Å². The van der Waals surface area contributed by atoms with Gasteiger partial charge in [0.2, 0.25) is 5.89 Å². The number of benzene rings is 3. The van der Waals surface area contributed by atoms with Gasteiger partial charge in [0.1, 0.15) is 5.52 Å². The van der Waals surface area contributed by atoms with Crippen molar-refractivity contribution in [3.63, 3.8) is 0 Å². The molecular weight excluding hydrogens is 462 g/mol. The number of carbonyl (C=O) groups excluding carboxylic acids is 1. The summed E-state index contributed by atoms with van der Waals surface area (Å²) in [6.45, 7) is 3.71. The van der Waals surface area contributed by atoms with Gasteiger partial charge in [-0.3, -0.25) is 14.9 Å². The fraction of sp³-hybridized carbons (Fsp3) is 0.130. The highest BCUT2D eigenvalue weighted by molar-refractivity contribution is 9.10. The zero-order chi connectivity index (χ0) is 22.1. The van der Waals surface area contributed by atoms with Gasteiger partial charge in [-0.25, -0.2) is 4.98 Å². The molecule has 0 unspecified atom stereocenters. The van der Waals surface area contributed by atoms with Crippen molar-refractivity contribution in [3.8, 4) is 11.5 Å². The Morgan fingerprint density at radius 3 is 2.58 bits per heavy atom. The van der Waals surface area contributed by atoms with E-state index in [1.807, 2.05) is 12.1 Å². The lowest BCUT2D eigenvalue weighted by Gasteiger charge is -2.06. The predicted molar refractivity (Wildman–Crippen MR) is 122 cm³/mol. The number of nitro groups is 1. The summed E-state index contributed by atoms with van der Waals surface area (Å²) in [5.41, 5.74) is 4.58. The second-order valence-electron chi connectivity index (χ2n) is 7.09. The van der Waals surface area contributed by atoms with Crippen molar-refractivity contribution in [2.24, 2.45) is 0 Å². The summed E-state index contributed by atoms with van der Waals surface area (Å²) in [5.74, 6) is 0.0599. The van der Waals surface area contributed by atoms with Gasteiger partial charge < -0.3 is 9.73 Å². The van der Waals surface area contributed by atoms with Gasteiger partial charge in [-0.1, -0.05) is 13.0 Å². The van der Waals surface area contributed by atoms with Crippen LogP contribution in [0.5, 0.6) is 0 Å². The van der Waals surface area contributed by atoms with Crippen LogP contribution in [0.4, 0.5) is 11.4 Å². The summed E-state index contributed by atoms with van der Waals surface area (Å²) < 4.78 is 6.77. The number of nitrogens with zero attached hydrogens (tertiary/aromatic N) is 2. The third-order valence-corrected chi connectivity index (χ3v) is 5.56. The Labute approximate surface area is 186 Å². The zero-order valence-electron chi connectivity index (χ0n) is 16.8. The van der Waals surface area contributed by atoms with Crippen molar-refractivity contribution in [2.45, 2.75) is 20.3 Å². The quantitative estimate of drug-likeness (QED) is 0.268. The van der Waals surface area contributed by atoms with Crippen LogP contribution < -0.4 is 5.32 Å². The summed E-state index contributed by atoms with van der Waals surface area (Å²) in [6, 6.07) is 15.5. The molecule has 0 saturated carbocycles. The number of nitrogens with one attached hydrogen (secondary N) is 1. The molecule has 0 spiro atoms. The van der Waals surface area contributed by atoms with Gasteiger partial charge >= 0.3 is 0 Å². The summed E-state index contributed by atoms with van der Waals surface area (Å²) >= 11 is 3.53. The Kier molecular flexibility index (Phi) is 5.56. The van der Waals surface area contributed by atoms with Crippen LogP contribution in [0.3, 0.4) is 0 Å². The van der Waals surface area contributed by atoms with Crippen LogP contribution in [0.25, 0.3) is 22.6 Å². The van der Waals surface area contributed by atoms with Gasteiger partial charge in [-0.15, -0.1) is 0 Å². The molecule has 1 N–H and O–H groups in total. The van der Waals surface area contributed by atoms with E-state index in [0.29, 0.717) is 22.7 Å². The Morgan fingerprint density at radius 1 is 1.16 bits per heavy atom. The first-order chi connectivity index (χ1) is 14.9. The first-order valence-corrected chi connectivity index (χ1v) is 10.4. The summed E-state index contributed by atoms with van der Waals surface area (Å²) in [4.78, 5) is 27.7. The van der Waals surface area contributed by atoms with Crippen molar-refractivity contribution in [3.05, 3.63) is 85.9 Å². The third kappa shape index (κ3) is 4.20. The van der Waals surface area contributed by atoms with Gasteiger partial charge in [0.15, 0.2) is 5.58 Å². The molecule has 7 nitrogen and oxygen atoms in total. The lowest BCUT2D eigenvalue weighted by molar-refractivity contribution is -0.385. The van der Waals surface area contributed by atoms with Gasteiger partial charge in [0, 0.05) is 28.4 Å². The standard InChI is InChI=1S/C23H18BrN3O4/c1-3-14-10-18(24)21-19(11-14)26-23(31-21)15-6-8-17(9-7-15)25-22(28)16-5-4-13(2)20(12-16)27(29)30/h4-12H,3H2,1-2H3,(H,25,28). The molecule has 1 amide bonds. The number of anilines is 1. The number of aromatic nitrogens is 1. The van der Waals surface area contributed by atoms with E-state index in [1.165, 1.54) is 6.07 Å². The average molecular weight is 480 g/mol. The van der Waals surface area contributed by atoms with Crippen molar-refractivity contribution in [1.82, 2.24) is 4.98 Å². The predicted octanol–water partition coefficient (Wildman–Crippen LogP) is 6.29. The van der Waals surface area contributed by atoms with E-state index < -0.39 is 10.8 Å². The molecule has 0 radical (unpaired) electrons. The minimum atomic E-state index is -0.497. The largest absolute Gasteiger partial charge is 0.435 e. The minimum Gasteiger partial charge on any atom is -0.435 e. The molecule has 0 atom stereocenters.